The van der Waals surface area contributed by atoms with Gasteiger partial charge in [-0.05, 0) is 41.0 Å². The zero-order chi connectivity index (χ0) is 17.8. The first-order valence-corrected chi connectivity index (χ1v) is 9.12. The zero-order valence-corrected chi connectivity index (χ0v) is 16.1. The van der Waals surface area contributed by atoms with Gasteiger partial charge in [0.15, 0.2) is 0 Å². The van der Waals surface area contributed by atoms with E-state index >= 15 is 0 Å². The number of nitrogens with zero attached hydrogens (tertiary/aromatic N) is 3. The summed E-state index contributed by atoms with van der Waals surface area (Å²) in [6, 6.07) is 12.2. The molecule has 0 bridgehead atoms. The highest BCUT2D eigenvalue weighted by Gasteiger charge is 2.28. The van der Waals surface area contributed by atoms with Crippen molar-refractivity contribution in [3.63, 3.8) is 0 Å². The maximum atomic E-state index is 12.5. The van der Waals surface area contributed by atoms with Gasteiger partial charge in [-0.1, -0.05) is 30.3 Å². The van der Waals surface area contributed by atoms with Gasteiger partial charge in [0, 0.05) is 30.8 Å². The number of carbonyl (C=O) groups is 1. The molecule has 0 saturated heterocycles. The summed E-state index contributed by atoms with van der Waals surface area (Å²) in [5.41, 5.74) is 1.80. The molecule has 6 heteroatoms. The Kier molecular flexibility index (Phi) is 5.71. The van der Waals surface area contributed by atoms with Gasteiger partial charge in [0.05, 0.1) is 6.54 Å². The van der Waals surface area contributed by atoms with Crippen LogP contribution >= 0.6 is 15.9 Å². The molecule has 1 aliphatic rings. The Morgan fingerprint density at radius 1 is 1.36 bits per heavy atom. The van der Waals surface area contributed by atoms with Crippen LogP contribution < -0.4 is 4.74 Å². The van der Waals surface area contributed by atoms with E-state index in [9.17, 15) is 4.79 Å². The van der Waals surface area contributed by atoms with Crippen LogP contribution in [-0.4, -0.2) is 54.0 Å². The van der Waals surface area contributed by atoms with Crippen LogP contribution in [0.5, 0.6) is 5.88 Å². The van der Waals surface area contributed by atoms with Crippen molar-refractivity contribution >= 4 is 21.8 Å². The Morgan fingerprint density at radius 3 is 2.88 bits per heavy atom. The molecule has 0 aliphatic carbocycles. The summed E-state index contributed by atoms with van der Waals surface area (Å²) in [4.78, 5) is 20.7. The van der Waals surface area contributed by atoms with Gasteiger partial charge in [-0.3, -0.25) is 4.79 Å². The number of halogens is 1. The number of likely N-dealkylation sites (N-methyl/N-ethyl adjacent to an activating group) is 1. The molecule has 0 radical (unpaired) electrons. The van der Waals surface area contributed by atoms with Crippen molar-refractivity contribution in [3.8, 4) is 5.88 Å². The minimum absolute atomic E-state index is 0.0519. The van der Waals surface area contributed by atoms with E-state index < -0.39 is 0 Å². The molecule has 1 aromatic heterocycles. The molecule has 0 saturated carbocycles. The van der Waals surface area contributed by atoms with Crippen molar-refractivity contribution in [3.05, 3.63) is 58.2 Å². The number of carbonyl (C=O) groups excluding carboxylic acids is 1. The first-order chi connectivity index (χ1) is 12.0. The predicted octanol–water partition coefficient (Wildman–Crippen LogP) is 3.20. The highest BCUT2D eigenvalue weighted by molar-refractivity contribution is 9.10. The minimum atomic E-state index is -0.0675. The molecule has 0 spiro atoms. The number of hydrogen-bond donors (Lipinski definition) is 0. The predicted molar refractivity (Wildman–Crippen MR) is 101 cm³/mol. The smallest absolute Gasteiger partial charge is 0.259 e. The lowest BCUT2D eigenvalue weighted by atomic mass is 10.2. The van der Waals surface area contributed by atoms with Gasteiger partial charge in [0.2, 0.25) is 5.88 Å². The fourth-order valence-electron chi connectivity index (χ4n) is 2.95. The van der Waals surface area contributed by atoms with E-state index in [2.05, 4.69) is 57.1 Å². The molecule has 1 amide bonds. The third-order valence-corrected chi connectivity index (χ3v) is 4.71. The fourth-order valence-corrected chi connectivity index (χ4v) is 3.28. The highest BCUT2D eigenvalue weighted by Crippen LogP contribution is 2.26. The lowest BCUT2D eigenvalue weighted by molar-refractivity contribution is 0.0746. The van der Waals surface area contributed by atoms with Gasteiger partial charge in [0.25, 0.3) is 5.91 Å². The van der Waals surface area contributed by atoms with Gasteiger partial charge in [-0.25, -0.2) is 4.98 Å². The van der Waals surface area contributed by atoms with Crippen LogP contribution in [0, 0.1) is 0 Å². The molecule has 1 atom stereocenters. The summed E-state index contributed by atoms with van der Waals surface area (Å²) in [5.74, 6) is 0.372. The zero-order valence-electron chi connectivity index (χ0n) is 14.5. The number of aromatic nitrogens is 1. The normalized spacial score (nSPS) is 17.2. The number of ether oxygens (including phenoxy) is 1. The van der Waals surface area contributed by atoms with Gasteiger partial charge < -0.3 is 14.5 Å². The maximum absolute atomic E-state index is 12.5. The first kappa shape index (κ1) is 17.9. The number of amides is 1. The maximum Gasteiger partial charge on any atom is 0.259 e. The van der Waals surface area contributed by atoms with E-state index in [0.717, 1.165) is 24.0 Å². The average Bonchev–Trinajstić information content (AvgIpc) is 2.72. The summed E-state index contributed by atoms with van der Waals surface area (Å²) in [7, 11) is 3.91. The topological polar surface area (TPSA) is 45.7 Å². The van der Waals surface area contributed by atoms with Gasteiger partial charge in [0.1, 0.15) is 11.7 Å². The quantitative estimate of drug-likeness (QED) is 0.768. The molecule has 5 nitrogen and oxygen atoms in total. The molecule has 2 heterocycles. The van der Waals surface area contributed by atoms with Gasteiger partial charge in [-0.2, -0.15) is 0 Å². The lowest BCUT2D eigenvalue weighted by Gasteiger charge is -2.23. The Morgan fingerprint density at radius 2 is 2.12 bits per heavy atom. The Bertz CT molecular complexity index is 739. The Balaban J connectivity index is 1.63. The van der Waals surface area contributed by atoms with Crippen molar-refractivity contribution in [2.24, 2.45) is 0 Å². The standard InChI is InChI=1S/C19H22BrN3O2/c1-22(12-14-6-4-3-5-7-14)9-8-16-13-23(2)19(24)17-10-15(20)11-21-18(17)25-16/h3-7,10-11,16H,8-9,12-13H2,1-2H3. The van der Waals surface area contributed by atoms with Crippen LogP contribution in [0.1, 0.15) is 22.3 Å². The number of rotatable bonds is 5. The molecule has 3 rings (SSSR count). The van der Waals surface area contributed by atoms with E-state index in [0.29, 0.717) is 18.0 Å². The SMILES string of the molecule is CN(CCC1CN(C)C(=O)c2cc(Br)cnc2O1)Cc1ccccc1. The number of pyridine rings is 1. The van der Waals surface area contributed by atoms with Gasteiger partial charge in [-0.15, -0.1) is 0 Å². The van der Waals surface area contributed by atoms with Crippen molar-refractivity contribution < 1.29 is 9.53 Å². The lowest BCUT2D eigenvalue weighted by Crippen LogP contribution is -2.36. The Hall–Kier alpha value is -1.92. The Labute approximate surface area is 156 Å². The van der Waals surface area contributed by atoms with E-state index in [-0.39, 0.29) is 12.0 Å². The van der Waals surface area contributed by atoms with Crippen molar-refractivity contribution in [2.45, 2.75) is 19.1 Å². The molecular formula is C19H22BrN3O2. The molecule has 1 aliphatic heterocycles. The second-order valence-corrected chi connectivity index (χ2v) is 7.36. The van der Waals surface area contributed by atoms with Crippen LogP contribution in [0.25, 0.3) is 0 Å². The van der Waals surface area contributed by atoms with Crippen molar-refractivity contribution in [2.75, 3.05) is 27.2 Å². The molecule has 2 aromatic rings. The van der Waals surface area contributed by atoms with E-state index in [4.69, 9.17) is 4.74 Å². The van der Waals surface area contributed by atoms with Crippen LogP contribution in [0.2, 0.25) is 0 Å². The summed E-state index contributed by atoms with van der Waals surface area (Å²) < 4.78 is 6.81. The average molecular weight is 404 g/mol. The third-order valence-electron chi connectivity index (χ3n) is 4.28. The highest BCUT2D eigenvalue weighted by atomic mass is 79.9. The van der Waals surface area contributed by atoms with Crippen LogP contribution in [0.15, 0.2) is 47.1 Å². The summed E-state index contributed by atoms with van der Waals surface area (Å²) in [5, 5.41) is 0. The monoisotopic (exact) mass is 403 g/mol. The van der Waals surface area contributed by atoms with Crippen molar-refractivity contribution in [1.82, 2.24) is 14.8 Å². The molecule has 0 N–H and O–H groups in total. The first-order valence-electron chi connectivity index (χ1n) is 8.33. The van der Waals surface area contributed by atoms with Gasteiger partial charge >= 0.3 is 0 Å². The van der Waals surface area contributed by atoms with Crippen molar-refractivity contribution in [1.29, 1.82) is 0 Å². The summed E-state index contributed by atoms with van der Waals surface area (Å²) in [6.45, 7) is 2.34. The second kappa shape index (κ2) is 7.97. The molecular weight excluding hydrogens is 382 g/mol. The van der Waals surface area contributed by atoms with Crippen LogP contribution in [-0.2, 0) is 6.54 Å². The van der Waals surface area contributed by atoms with E-state index in [1.54, 1.807) is 17.2 Å². The third kappa shape index (κ3) is 4.58. The molecule has 0 fully saturated rings. The minimum Gasteiger partial charge on any atom is -0.472 e. The summed E-state index contributed by atoms with van der Waals surface area (Å²) >= 11 is 3.36. The van der Waals surface area contributed by atoms with Crippen LogP contribution in [0.3, 0.4) is 0 Å². The number of fused-ring (bicyclic) bond motifs is 1. The largest absolute Gasteiger partial charge is 0.472 e. The second-order valence-electron chi connectivity index (χ2n) is 6.44. The number of hydrogen-bond acceptors (Lipinski definition) is 4. The molecule has 25 heavy (non-hydrogen) atoms. The van der Waals surface area contributed by atoms with E-state index in [1.165, 1.54) is 5.56 Å². The molecule has 132 valence electrons. The molecule has 1 unspecified atom stereocenters. The van der Waals surface area contributed by atoms with Crippen LogP contribution in [0.4, 0.5) is 0 Å². The number of benzene rings is 1. The molecule has 1 aromatic carbocycles. The van der Waals surface area contributed by atoms with E-state index in [1.807, 2.05) is 13.1 Å². The summed E-state index contributed by atoms with van der Waals surface area (Å²) in [6.07, 6.45) is 2.43. The fraction of sp³-hybridized carbons (Fsp3) is 0.368.